The third kappa shape index (κ3) is 4.49. The lowest BCUT2D eigenvalue weighted by molar-refractivity contribution is 0.100. The Morgan fingerprint density at radius 2 is 1.74 bits per heavy atom. The number of primary amides is 1. The van der Waals surface area contributed by atoms with E-state index in [-0.39, 0.29) is 0 Å². The zero-order valence-electron chi connectivity index (χ0n) is 18.0. The minimum Gasteiger partial charge on any atom is -0.366 e. The monoisotopic (exact) mass is 469 g/mol. The van der Waals surface area contributed by atoms with E-state index in [9.17, 15) is 9.18 Å². The second-order valence-corrected chi connectivity index (χ2v) is 8.78. The number of nitrogens with one attached hydrogen (secondary N) is 1. The van der Waals surface area contributed by atoms with Crippen molar-refractivity contribution < 1.29 is 9.18 Å². The van der Waals surface area contributed by atoms with Crippen molar-refractivity contribution in [1.29, 1.82) is 0 Å². The van der Waals surface area contributed by atoms with Crippen LogP contribution in [0.1, 0.15) is 26.5 Å². The van der Waals surface area contributed by atoms with Crippen LogP contribution in [0.5, 0.6) is 0 Å². The highest BCUT2D eigenvalue weighted by atomic mass is 32.1. The van der Waals surface area contributed by atoms with Crippen LogP contribution in [0.2, 0.25) is 0 Å². The van der Waals surface area contributed by atoms with Gasteiger partial charge in [-0.05, 0) is 46.5 Å². The van der Waals surface area contributed by atoms with Crippen LogP contribution in [0.4, 0.5) is 15.9 Å². The van der Waals surface area contributed by atoms with Gasteiger partial charge in [0.2, 0.25) is 5.91 Å². The fourth-order valence-electron chi connectivity index (χ4n) is 3.71. The molecule has 0 spiro atoms. The molecule has 0 saturated carbocycles. The van der Waals surface area contributed by atoms with E-state index in [1.807, 2.05) is 36.4 Å². The zero-order valence-corrected chi connectivity index (χ0v) is 18.8. The largest absolute Gasteiger partial charge is 0.366 e. The number of benzene rings is 3. The van der Waals surface area contributed by atoms with Crippen LogP contribution < -0.4 is 11.1 Å². The molecule has 0 radical (unpaired) electrons. The maximum atomic E-state index is 12.8. The van der Waals surface area contributed by atoms with Crippen LogP contribution in [0.3, 0.4) is 0 Å². The Bertz CT molecular complexity index is 1470. The fraction of sp³-hybridized carbons (Fsp3) is 0.0769. The van der Waals surface area contributed by atoms with Crippen molar-refractivity contribution in [2.24, 2.45) is 5.73 Å². The third-order valence-corrected chi connectivity index (χ3v) is 6.41. The molecule has 0 aliphatic heterocycles. The number of carbonyl (C=O) groups excluding carboxylic acids is 1. The number of alkyl halides is 1. The molecule has 5 aromatic rings. The summed E-state index contributed by atoms with van der Waals surface area (Å²) in [7, 11) is 0. The first-order valence-corrected chi connectivity index (χ1v) is 11.4. The summed E-state index contributed by atoms with van der Waals surface area (Å²) in [4.78, 5) is 25.8. The summed E-state index contributed by atoms with van der Waals surface area (Å²) in [6.45, 7) is -0.496. The van der Waals surface area contributed by atoms with E-state index < -0.39 is 12.6 Å². The Labute approximate surface area is 199 Å². The molecule has 0 unspecified atom stereocenters. The van der Waals surface area contributed by atoms with Gasteiger partial charge in [-0.1, -0.05) is 59.9 Å². The van der Waals surface area contributed by atoms with Gasteiger partial charge in [0.1, 0.15) is 28.4 Å². The first-order chi connectivity index (χ1) is 16.6. The van der Waals surface area contributed by atoms with Gasteiger partial charge in [-0.3, -0.25) is 4.79 Å². The fourth-order valence-corrected chi connectivity index (χ4v) is 4.64. The highest BCUT2D eigenvalue weighted by Gasteiger charge is 2.14. The summed E-state index contributed by atoms with van der Waals surface area (Å²) >= 11 is 1.52. The van der Waals surface area contributed by atoms with Gasteiger partial charge in [-0.25, -0.2) is 19.3 Å². The van der Waals surface area contributed by atoms with Crippen molar-refractivity contribution in [3.05, 3.63) is 101 Å². The maximum absolute atomic E-state index is 12.8. The summed E-state index contributed by atoms with van der Waals surface area (Å²) in [6.07, 6.45) is 2.14. The molecule has 6 nitrogen and oxygen atoms in total. The lowest BCUT2D eigenvalue weighted by atomic mass is 9.97. The zero-order chi connectivity index (χ0) is 23.5. The Balaban J connectivity index is 1.44. The highest BCUT2D eigenvalue weighted by molar-refractivity contribution is 7.18. The second kappa shape index (κ2) is 9.36. The number of hydrogen-bond acceptors (Lipinski definition) is 6. The molecular formula is C26H20FN5OS. The molecule has 2 aromatic heterocycles. The van der Waals surface area contributed by atoms with E-state index in [1.165, 1.54) is 17.7 Å². The molecule has 0 fully saturated rings. The summed E-state index contributed by atoms with van der Waals surface area (Å²) in [5.74, 6) is 0.161. The van der Waals surface area contributed by atoms with Gasteiger partial charge in [-0.15, -0.1) is 0 Å². The van der Waals surface area contributed by atoms with Crippen molar-refractivity contribution in [2.45, 2.75) is 13.1 Å². The topological polar surface area (TPSA) is 93.8 Å². The third-order valence-electron chi connectivity index (χ3n) is 5.45. The molecule has 0 aliphatic carbocycles. The molecule has 34 heavy (non-hydrogen) atoms. The quantitative estimate of drug-likeness (QED) is 0.321. The number of amides is 1. The number of nitrogens with zero attached hydrogens (tertiary/aromatic N) is 3. The molecule has 5 rings (SSSR count). The number of aromatic nitrogens is 3. The first-order valence-electron chi connectivity index (χ1n) is 10.6. The van der Waals surface area contributed by atoms with Crippen molar-refractivity contribution in [3.63, 3.8) is 0 Å². The van der Waals surface area contributed by atoms with Crippen molar-refractivity contribution in [3.8, 4) is 11.1 Å². The Hall–Kier alpha value is -4.17. The summed E-state index contributed by atoms with van der Waals surface area (Å²) < 4.78 is 12.8. The SMILES string of the molecule is NC(=O)c1ccc(-c2ccccc2Cc2nc3c(Nc4ccc(CF)cc4)ncnc3s2)cc1. The predicted molar refractivity (Wildman–Crippen MR) is 133 cm³/mol. The molecule has 0 bridgehead atoms. The summed E-state index contributed by atoms with van der Waals surface area (Å²) in [5.41, 5.74) is 11.1. The number of carbonyl (C=O) groups is 1. The highest BCUT2D eigenvalue weighted by Crippen LogP contribution is 2.31. The summed E-state index contributed by atoms with van der Waals surface area (Å²) in [6, 6.07) is 22.5. The molecule has 2 heterocycles. The Morgan fingerprint density at radius 3 is 2.47 bits per heavy atom. The number of halogens is 1. The van der Waals surface area contributed by atoms with Crippen LogP contribution in [0.25, 0.3) is 21.5 Å². The van der Waals surface area contributed by atoms with Crippen LogP contribution in [-0.4, -0.2) is 20.9 Å². The molecule has 168 valence electrons. The van der Waals surface area contributed by atoms with Crippen molar-refractivity contribution >= 4 is 39.1 Å². The number of fused-ring (bicyclic) bond motifs is 1. The number of nitrogens with two attached hydrogens (primary N) is 1. The molecular weight excluding hydrogens is 449 g/mol. The normalized spacial score (nSPS) is 11.0. The number of rotatable bonds is 7. The molecule has 3 N–H and O–H groups in total. The van der Waals surface area contributed by atoms with Crippen molar-refractivity contribution in [2.75, 3.05) is 5.32 Å². The molecule has 1 amide bonds. The molecule has 0 saturated heterocycles. The van der Waals surface area contributed by atoms with Gasteiger partial charge < -0.3 is 11.1 Å². The van der Waals surface area contributed by atoms with Crippen molar-refractivity contribution in [1.82, 2.24) is 15.0 Å². The van der Waals surface area contributed by atoms with Crippen LogP contribution in [-0.2, 0) is 13.1 Å². The predicted octanol–water partition coefficient (Wildman–Crippen LogP) is 5.66. The Kier molecular flexibility index (Phi) is 5.97. The second-order valence-electron chi connectivity index (χ2n) is 7.71. The number of thiazole rings is 1. The van der Waals surface area contributed by atoms with Gasteiger partial charge in [-0.2, -0.15) is 0 Å². The van der Waals surface area contributed by atoms with Gasteiger partial charge in [0.15, 0.2) is 5.82 Å². The van der Waals surface area contributed by atoms with Gasteiger partial charge >= 0.3 is 0 Å². The van der Waals surface area contributed by atoms with Crippen LogP contribution in [0.15, 0.2) is 79.1 Å². The Morgan fingerprint density at radius 1 is 0.971 bits per heavy atom. The van der Waals surface area contributed by atoms with E-state index in [0.717, 1.165) is 32.2 Å². The van der Waals surface area contributed by atoms with E-state index in [2.05, 4.69) is 27.4 Å². The maximum Gasteiger partial charge on any atom is 0.248 e. The molecule has 3 aromatic carbocycles. The van der Waals surface area contributed by atoms with E-state index in [0.29, 0.717) is 28.9 Å². The number of anilines is 2. The summed E-state index contributed by atoms with van der Waals surface area (Å²) in [5, 5.41) is 4.17. The van der Waals surface area contributed by atoms with E-state index in [4.69, 9.17) is 10.7 Å². The standard InChI is InChI=1S/C26H20FN5OS/c27-14-16-5-11-20(12-6-16)31-25-23-26(30-15-29-25)34-22(32-23)13-19-3-1-2-4-21(19)17-7-9-18(10-8-17)24(28)33/h1-12,15H,13-14H2,(H2,28,33)(H,29,30,31). The smallest absolute Gasteiger partial charge is 0.248 e. The average molecular weight is 470 g/mol. The minimum absolute atomic E-state index is 0.446. The molecule has 0 atom stereocenters. The van der Waals surface area contributed by atoms with E-state index >= 15 is 0 Å². The van der Waals surface area contributed by atoms with Crippen LogP contribution in [0, 0.1) is 0 Å². The lowest BCUT2D eigenvalue weighted by Crippen LogP contribution is -2.10. The number of hydrogen-bond donors (Lipinski definition) is 2. The lowest BCUT2D eigenvalue weighted by Gasteiger charge is -2.09. The molecule has 8 heteroatoms. The molecule has 0 aliphatic rings. The first kappa shape index (κ1) is 21.7. The van der Waals surface area contributed by atoms with Gasteiger partial charge in [0.25, 0.3) is 0 Å². The van der Waals surface area contributed by atoms with Crippen LogP contribution >= 0.6 is 11.3 Å². The average Bonchev–Trinajstić information content (AvgIpc) is 3.28. The van der Waals surface area contributed by atoms with E-state index in [1.54, 1.807) is 24.3 Å². The van der Waals surface area contributed by atoms with Gasteiger partial charge in [0.05, 0.1) is 0 Å². The van der Waals surface area contributed by atoms with Gasteiger partial charge in [0, 0.05) is 17.7 Å². The minimum atomic E-state index is -0.496.